The van der Waals surface area contributed by atoms with E-state index in [1.165, 1.54) is 17.0 Å². The Morgan fingerprint density at radius 2 is 1.60 bits per heavy atom. The highest BCUT2D eigenvalue weighted by Gasteiger charge is 2.74. The van der Waals surface area contributed by atoms with Crippen LogP contribution >= 0.6 is 0 Å². The van der Waals surface area contributed by atoms with E-state index in [1.807, 2.05) is 53.8 Å². The molecule has 3 aliphatic rings. The number of nitrogens with one attached hydrogen (secondary N) is 1. The zero-order valence-electron chi connectivity index (χ0n) is 18.7. The van der Waals surface area contributed by atoms with Crippen LogP contribution in [-0.4, -0.2) is 38.9 Å². The third-order valence-corrected chi connectivity index (χ3v) is 7.56. The Hall–Kier alpha value is -4.17. The Morgan fingerprint density at radius 1 is 0.857 bits per heavy atom. The maximum atomic E-state index is 13.8. The van der Waals surface area contributed by atoms with E-state index < -0.39 is 23.4 Å². The minimum absolute atomic E-state index is 0.150. The first-order chi connectivity index (χ1) is 16.9. The van der Waals surface area contributed by atoms with E-state index in [4.69, 9.17) is 0 Å². The average molecular weight is 471 g/mol. The number of rotatable bonds is 4. The number of quaternary nitrogens is 1. The second-order valence-electron chi connectivity index (χ2n) is 9.48. The van der Waals surface area contributed by atoms with Crippen LogP contribution in [0.5, 0.6) is 11.5 Å². The quantitative estimate of drug-likeness (QED) is 0.337. The highest BCUT2D eigenvalue weighted by atomic mass is 16.3. The third kappa shape index (κ3) is 3.06. The van der Waals surface area contributed by atoms with E-state index >= 15 is 0 Å². The predicted molar refractivity (Wildman–Crippen MR) is 125 cm³/mol. The number of benzene rings is 3. The van der Waals surface area contributed by atoms with E-state index in [9.17, 15) is 24.6 Å². The molecule has 176 valence electrons. The van der Waals surface area contributed by atoms with Crippen LogP contribution in [0, 0.1) is 11.8 Å². The smallest absolute Gasteiger partial charge is 0.291 e. The lowest BCUT2D eigenvalue weighted by atomic mass is 9.76. The van der Waals surface area contributed by atoms with Crippen LogP contribution in [0.3, 0.4) is 0 Å². The van der Waals surface area contributed by atoms with Gasteiger partial charge in [0.05, 0.1) is 12.2 Å². The van der Waals surface area contributed by atoms with Crippen molar-refractivity contribution in [3.63, 3.8) is 0 Å². The monoisotopic (exact) mass is 470 g/mol. The fourth-order valence-corrected chi connectivity index (χ4v) is 6.06. The van der Waals surface area contributed by atoms with Gasteiger partial charge in [0, 0.05) is 12.0 Å². The van der Waals surface area contributed by atoms with Crippen molar-refractivity contribution in [3.05, 3.63) is 89.5 Å². The second kappa shape index (κ2) is 7.68. The molecule has 2 fully saturated rings. The Balaban J connectivity index is 1.44. The number of nitrogens with zero attached hydrogens (tertiary/aromatic N) is 1. The maximum Gasteiger partial charge on any atom is 0.291 e. The van der Waals surface area contributed by atoms with Gasteiger partial charge in [-0.1, -0.05) is 54.6 Å². The molecule has 0 aromatic heterocycles. The van der Waals surface area contributed by atoms with Gasteiger partial charge in [-0.3, -0.25) is 19.3 Å². The molecule has 3 amide bonds. The molecular formula is C27H24N3O5+. The first-order valence-electron chi connectivity index (χ1n) is 11.6. The zero-order valence-corrected chi connectivity index (χ0v) is 18.7. The molecule has 2 saturated heterocycles. The fraction of sp³-hybridized carbons (Fsp3) is 0.222. The molecule has 8 heteroatoms. The number of imide groups is 1. The van der Waals surface area contributed by atoms with Crippen LogP contribution in [0.2, 0.25) is 0 Å². The number of carbonyl (C=O) groups excluding carboxylic acids is 3. The lowest BCUT2D eigenvalue weighted by molar-refractivity contribution is -0.733. The van der Waals surface area contributed by atoms with Gasteiger partial charge in [-0.15, -0.1) is 0 Å². The van der Waals surface area contributed by atoms with Crippen molar-refractivity contribution in [1.29, 1.82) is 0 Å². The Morgan fingerprint density at radius 3 is 2.37 bits per heavy atom. The minimum Gasteiger partial charge on any atom is -0.504 e. The number of carbonyl (C=O) groups is 3. The summed E-state index contributed by atoms with van der Waals surface area (Å²) in [7, 11) is 0. The molecule has 5 N–H and O–H groups in total. The first-order valence-corrected chi connectivity index (χ1v) is 11.6. The van der Waals surface area contributed by atoms with Gasteiger partial charge in [0.25, 0.3) is 5.91 Å². The Kier molecular flexibility index (Phi) is 4.69. The number of aromatic hydroxyl groups is 2. The van der Waals surface area contributed by atoms with Crippen molar-refractivity contribution in [3.8, 4) is 11.5 Å². The molecule has 3 heterocycles. The number of fused-ring (bicyclic) bond motifs is 4. The zero-order chi connectivity index (χ0) is 24.3. The van der Waals surface area contributed by atoms with Gasteiger partial charge in [-0.25, -0.2) is 0 Å². The van der Waals surface area contributed by atoms with Gasteiger partial charge in [-0.05, 0) is 29.3 Å². The summed E-state index contributed by atoms with van der Waals surface area (Å²) >= 11 is 0. The number of hydrogen-bond acceptors (Lipinski definition) is 5. The topological polar surface area (TPSA) is 124 Å². The molecule has 0 radical (unpaired) electrons. The number of anilines is 1. The van der Waals surface area contributed by atoms with E-state index in [0.717, 1.165) is 5.56 Å². The van der Waals surface area contributed by atoms with Gasteiger partial charge < -0.3 is 20.8 Å². The molecular weight excluding hydrogens is 446 g/mol. The standard InChI is InChI=1S/C27H23N3O5/c31-20-11-10-16(13-21(20)32)12-19-22-23(25(34)30(24(22)33)14-15-6-2-1-3-7-15)27(29-19)17-8-4-5-9-18(17)28-26(27)35/h1-11,13,19,22-23,29,31-32H,12,14H2,(H,28,35)/p+1/t19-,22-,23+,27+/m0/s1. The van der Waals surface area contributed by atoms with Crippen molar-refractivity contribution in [2.45, 2.75) is 24.5 Å². The molecule has 0 saturated carbocycles. The van der Waals surface area contributed by atoms with Crippen molar-refractivity contribution in [1.82, 2.24) is 4.90 Å². The summed E-state index contributed by atoms with van der Waals surface area (Å²) in [5.74, 6) is -2.98. The molecule has 0 aliphatic carbocycles. The van der Waals surface area contributed by atoms with E-state index in [2.05, 4.69) is 5.32 Å². The molecule has 4 atom stereocenters. The SMILES string of the molecule is O=C1[C@H]2[C@H](Cc3ccc(O)c(O)c3)[NH2+][C@@]3(C(=O)Nc4ccccc43)[C@H]2C(=O)N1Cc1ccccc1. The molecule has 3 aliphatic heterocycles. The van der Waals surface area contributed by atoms with E-state index in [1.54, 1.807) is 12.1 Å². The largest absolute Gasteiger partial charge is 0.504 e. The normalized spacial score (nSPS) is 26.8. The number of phenolic OH excluding ortho intramolecular Hbond substituents is 2. The lowest BCUT2D eigenvalue weighted by Gasteiger charge is -2.26. The Bertz CT molecular complexity index is 1370. The molecule has 0 bridgehead atoms. The van der Waals surface area contributed by atoms with Gasteiger partial charge in [0.15, 0.2) is 11.5 Å². The third-order valence-electron chi connectivity index (χ3n) is 7.56. The van der Waals surface area contributed by atoms with Crippen molar-refractivity contribution in [2.75, 3.05) is 5.32 Å². The summed E-state index contributed by atoms with van der Waals surface area (Å²) in [5, 5.41) is 24.5. The van der Waals surface area contributed by atoms with Gasteiger partial charge in [0.2, 0.25) is 17.4 Å². The van der Waals surface area contributed by atoms with Crippen LogP contribution < -0.4 is 10.6 Å². The summed E-state index contributed by atoms with van der Waals surface area (Å²) in [6.07, 6.45) is 0.338. The fourth-order valence-electron chi connectivity index (χ4n) is 6.06. The molecule has 3 aromatic carbocycles. The molecule has 8 nitrogen and oxygen atoms in total. The number of amides is 3. The molecule has 35 heavy (non-hydrogen) atoms. The van der Waals surface area contributed by atoms with Gasteiger partial charge >= 0.3 is 0 Å². The summed E-state index contributed by atoms with van der Waals surface area (Å²) in [6.45, 7) is 0.150. The minimum atomic E-state index is -1.25. The Labute approximate surface area is 201 Å². The van der Waals surface area contributed by atoms with Crippen LogP contribution in [0.1, 0.15) is 16.7 Å². The summed E-state index contributed by atoms with van der Waals surface area (Å²) in [4.78, 5) is 42.4. The molecule has 0 unspecified atom stereocenters. The first kappa shape index (κ1) is 21.4. The molecule has 1 spiro atoms. The number of phenols is 2. The van der Waals surface area contributed by atoms with Crippen LogP contribution in [-0.2, 0) is 32.9 Å². The number of hydrogen-bond donors (Lipinski definition) is 4. The predicted octanol–water partition coefficient (Wildman–Crippen LogP) is 1.23. The summed E-state index contributed by atoms with van der Waals surface area (Å²) < 4.78 is 0. The molecule has 3 aromatic rings. The number of para-hydroxylation sites is 1. The summed E-state index contributed by atoms with van der Waals surface area (Å²) in [5.41, 5.74) is 1.65. The van der Waals surface area contributed by atoms with Crippen LogP contribution in [0.25, 0.3) is 0 Å². The average Bonchev–Trinajstić information content (AvgIpc) is 3.43. The highest BCUT2D eigenvalue weighted by Crippen LogP contribution is 2.49. The van der Waals surface area contributed by atoms with Crippen molar-refractivity contribution in [2.24, 2.45) is 11.8 Å². The molecule has 6 rings (SSSR count). The van der Waals surface area contributed by atoms with Crippen LogP contribution in [0.15, 0.2) is 72.8 Å². The number of nitrogens with two attached hydrogens (primary N) is 1. The van der Waals surface area contributed by atoms with E-state index in [-0.39, 0.29) is 35.8 Å². The second-order valence-corrected chi connectivity index (χ2v) is 9.48. The highest BCUT2D eigenvalue weighted by molar-refractivity contribution is 6.13. The van der Waals surface area contributed by atoms with Crippen molar-refractivity contribution >= 4 is 23.4 Å². The summed E-state index contributed by atoms with van der Waals surface area (Å²) in [6, 6.07) is 20.7. The maximum absolute atomic E-state index is 13.8. The number of likely N-dealkylation sites (tertiary alicyclic amines) is 1. The van der Waals surface area contributed by atoms with Gasteiger partial charge in [0.1, 0.15) is 17.9 Å². The lowest BCUT2D eigenvalue weighted by Crippen LogP contribution is -2.99. The van der Waals surface area contributed by atoms with Crippen LogP contribution in [0.4, 0.5) is 5.69 Å². The van der Waals surface area contributed by atoms with Gasteiger partial charge in [-0.2, -0.15) is 0 Å². The van der Waals surface area contributed by atoms with Crippen molar-refractivity contribution < 1.29 is 29.9 Å². The van der Waals surface area contributed by atoms with E-state index in [0.29, 0.717) is 23.2 Å².